The van der Waals surface area contributed by atoms with E-state index in [1.807, 2.05) is 6.07 Å². The molecule has 0 N–H and O–H groups in total. The normalized spacial score (nSPS) is 22.8. The summed E-state index contributed by atoms with van der Waals surface area (Å²) in [4.78, 5) is 34.5. The van der Waals surface area contributed by atoms with Crippen molar-refractivity contribution in [2.24, 2.45) is 0 Å². The van der Waals surface area contributed by atoms with Gasteiger partial charge in [-0.05, 0) is 18.2 Å². The van der Waals surface area contributed by atoms with E-state index in [9.17, 15) is 9.59 Å². The Morgan fingerprint density at radius 1 is 1.20 bits per heavy atom. The molecule has 5 rings (SSSR count). The quantitative estimate of drug-likeness (QED) is 0.513. The van der Waals surface area contributed by atoms with Crippen molar-refractivity contribution in [2.75, 3.05) is 38.3 Å². The second-order valence-corrected chi connectivity index (χ2v) is 9.09. The third-order valence-electron chi connectivity index (χ3n) is 5.65. The van der Waals surface area contributed by atoms with E-state index < -0.39 is 5.79 Å². The lowest BCUT2D eigenvalue weighted by molar-refractivity contribution is -0.169. The summed E-state index contributed by atoms with van der Waals surface area (Å²) in [6.45, 7) is 2.51. The molecule has 0 unspecified atom stereocenters. The largest absolute Gasteiger partial charge is 0.355 e. The smallest absolute Gasteiger partial charge is 0.267 e. The second-order valence-electron chi connectivity index (χ2n) is 7.42. The Bertz CT molecular complexity index is 1130. The summed E-state index contributed by atoms with van der Waals surface area (Å²) >= 11 is 6.42. The molecule has 10 heteroatoms. The van der Waals surface area contributed by atoms with E-state index in [-0.39, 0.29) is 11.5 Å². The van der Waals surface area contributed by atoms with Crippen molar-refractivity contribution in [1.82, 2.24) is 14.3 Å². The van der Waals surface area contributed by atoms with Gasteiger partial charge < -0.3 is 14.4 Å². The molecule has 0 saturated carbocycles. The van der Waals surface area contributed by atoms with Gasteiger partial charge >= 0.3 is 0 Å². The van der Waals surface area contributed by atoms with Crippen molar-refractivity contribution < 1.29 is 14.3 Å². The minimum Gasteiger partial charge on any atom is -0.355 e. The number of thioether (sulfide) groups is 1. The molecular formula is C20H20N4O4S2. The Labute approximate surface area is 182 Å². The number of fused-ring (bicyclic) bond motifs is 1. The third-order valence-corrected chi connectivity index (χ3v) is 7.13. The number of hydrogen-bond donors (Lipinski definition) is 0. The summed E-state index contributed by atoms with van der Waals surface area (Å²) in [6, 6.07) is 5.43. The lowest BCUT2D eigenvalue weighted by Crippen LogP contribution is -2.46. The zero-order chi connectivity index (χ0) is 20.9. The maximum atomic E-state index is 13.3. The molecule has 3 fully saturated rings. The molecule has 1 spiro atoms. The molecular weight excluding hydrogens is 424 g/mol. The maximum Gasteiger partial charge on any atom is 0.267 e. The van der Waals surface area contributed by atoms with Gasteiger partial charge in [0.2, 0.25) is 0 Å². The molecule has 156 valence electrons. The Kier molecular flexibility index (Phi) is 4.89. The van der Waals surface area contributed by atoms with Crippen LogP contribution in [0.5, 0.6) is 0 Å². The molecule has 3 aliphatic heterocycles. The summed E-state index contributed by atoms with van der Waals surface area (Å²) in [5, 5.41) is 0. The molecule has 0 radical (unpaired) electrons. The molecule has 0 aromatic carbocycles. The van der Waals surface area contributed by atoms with Crippen molar-refractivity contribution >= 4 is 51.7 Å². The lowest BCUT2D eigenvalue weighted by atomic mass is 10.0. The highest BCUT2D eigenvalue weighted by atomic mass is 32.2. The average molecular weight is 445 g/mol. The molecule has 1 amide bonds. The number of anilines is 1. The van der Waals surface area contributed by atoms with Gasteiger partial charge in [-0.2, -0.15) is 0 Å². The van der Waals surface area contributed by atoms with Crippen molar-refractivity contribution in [3.05, 3.63) is 45.2 Å². The van der Waals surface area contributed by atoms with Crippen molar-refractivity contribution in [3.63, 3.8) is 0 Å². The van der Waals surface area contributed by atoms with E-state index in [0.717, 1.165) is 0 Å². The fourth-order valence-corrected chi connectivity index (χ4v) is 5.14. The van der Waals surface area contributed by atoms with Crippen molar-refractivity contribution in [2.45, 2.75) is 18.6 Å². The Hall–Kier alpha value is -2.27. The molecule has 3 aliphatic rings. The number of carbonyl (C=O) groups is 1. The number of likely N-dealkylation sites (N-methyl/N-ethyl adjacent to an activating group) is 1. The van der Waals surface area contributed by atoms with Crippen molar-refractivity contribution in [3.8, 4) is 0 Å². The number of thiocarbonyl (C=S) groups is 1. The third kappa shape index (κ3) is 3.24. The SMILES string of the molecule is CN1C(=O)/C(=C\c2c(N3CCC4(CC3)OCCO4)nc3ccccn3c2=O)SC1=S. The lowest BCUT2D eigenvalue weighted by Gasteiger charge is -2.38. The van der Waals surface area contributed by atoms with Crippen LogP contribution in [0.2, 0.25) is 0 Å². The van der Waals surface area contributed by atoms with Crippen LogP contribution in [0.25, 0.3) is 11.7 Å². The molecule has 0 atom stereocenters. The number of carbonyl (C=O) groups excluding carboxylic acids is 1. The molecule has 30 heavy (non-hydrogen) atoms. The zero-order valence-corrected chi connectivity index (χ0v) is 18.0. The second kappa shape index (κ2) is 7.45. The minimum absolute atomic E-state index is 0.209. The van der Waals surface area contributed by atoms with E-state index >= 15 is 0 Å². The Morgan fingerprint density at radius 2 is 1.93 bits per heavy atom. The summed E-state index contributed by atoms with van der Waals surface area (Å²) < 4.78 is 13.6. The number of pyridine rings is 1. The summed E-state index contributed by atoms with van der Waals surface area (Å²) in [6.07, 6.45) is 4.70. The van der Waals surface area contributed by atoms with E-state index in [1.165, 1.54) is 21.1 Å². The highest BCUT2D eigenvalue weighted by molar-refractivity contribution is 8.26. The molecule has 0 bridgehead atoms. The monoisotopic (exact) mass is 444 g/mol. The van der Waals surface area contributed by atoms with Gasteiger partial charge in [0.05, 0.1) is 23.7 Å². The number of aromatic nitrogens is 2. The highest BCUT2D eigenvalue weighted by Crippen LogP contribution is 2.35. The van der Waals surface area contributed by atoms with Crippen LogP contribution >= 0.6 is 24.0 Å². The number of rotatable bonds is 2. The molecule has 5 heterocycles. The van der Waals surface area contributed by atoms with Crippen LogP contribution in [0.3, 0.4) is 0 Å². The first-order chi connectivity index (χ1) is 14.5. The first-order valence-electron chi connectivity index (χ1n) is 9.73. The summed E-state index contributed by atoms with van der Waals surface area (Å²) in [7, 11) is 1.64. The van der Waals surface area contributed by atoms with Gasteiger partial charge in [-0.3, -0.25) is 18.9 Å². The standard InChI is InChI=1S/C20H20N4O4S2/c1-22-18(26)14(30-19(22)29)12-13-16(21-15-4-2-3-7-24(15)17(13)25)23-8-5-20(6-9-23)27-10-11-28-20/h2-4,7,12H,5-6,8-11H2,1H3/b14-12+. The van der Waals surface area contributed by atoms with E-state index in [2.05, 4.69) is 4.90 Å². The molecule has 3 saturated heterocycles. The number of hydrogen-bond acceptors (Lipinski definition) is 8. The van der Waals surface area contributed by atoms with Gasteiger partial charge in [0.15, 0.2) is 5.79 Å². The number of ether oxygens (including phenoxy) is 2. The molecule has 0 aliphatic carbocycles. The van der Waals surface area contributed by atoms with Gasteiger partial charge in [0, 0.05) is 39.2 Å². The molecule has 2 aromatic rings. The zero-order valence-electron chi connectivity index (χ0n) is 16.4. The van der Waals surface area contributed by atoms with Crippen LogP contribution in [0.4, 0.5) is 5.82 Å². The van der Waals surface area contributed by atoms with Crippen LogP contribution in [0, 0.1) is 0 Å². The van der Waals surface area contributed by atoms with Gasteiger partial charge in [-0.1, -0.05) is 30.0 Å². The predicted molar refractivity (Wildman–Crippen MR) is 118 cm³/mol. The van der Waals surface area contributed by atoms with Crippen molar-refractivity contribution in [1.29, 1.82) is 0 Å². The van der Waals surface area contributed by atoms with E-state index in [1.54, 1.807) is 31.5 Å². The fourth-order valence-electron chi connectivity index (χ4n) is 3.98. The van der Waals surface area contributed by atoms with Gasteiger partial charge in [-0.15, -0.1) is 0 Å². The van der Waals surface area contributed by atoms with E-state index in [4.69, 9.17) is 26.7 Å². The summed E-state index contributed by atoms with van der Waals surface area (Å²) in [5.41, 5.74) is 0.730. The Morgan fingerprint density at radius 3 is 2.60 bits per heavy atom. The number of amides is 1. The molecule has 2 aromatic heterocycles. The van der Waals surface area contributed by atoms with Crippen LogP contribution in [-0.4, -0.2) is 63.7 Å². The van der Waals surface area contributed by atoms with Crippen LogP contribution in [-0.2, 0) is 14.3 Å². The van der Waals surface area contributed by atoms with E-state index in [0.29, 0.717) is 65.4 Å². The molecule has 8 nitrogen and oxygen atoms in total. The maximum absolute atomic E-state index is 13.3. The van der Waals surface area contributed by atoms with Gasteiger partial charge in [0.25, 0.3) is 11.5 Å². The predicted octanol–water partition coefficient (Wildman–Crippen LogP) is 1.87. The first kappa shape index (κ1) is 19.7. The fraction of sp³-hybridized carbons (Fsp3) is 0.400. The van der Waals surface area contributed by atoms with Crippen LogP contribution < -0.4 is 10.5 Å². The van der Waals surface area contributed by atoms with Crippen LogP contribution in [0.15, 0.2) is 34.1 Å². The van der Waals surface area contributed by atoms with Crippen LogP contribution in [0.1, 0.15) is 18.4 Å². The number of nitrogens with zero attached hydrogens (tertiary/aromatic N) is 4. The van der Waals surface area contributed by atoms with Gasteiger partial charge in [-0.25, -0.2) is 4.98 Å². The average Bonchev–Trinajstić information content (AvgIpc) is 3.31. The summed E-state index contributed by atoms with van der Waals surface area (Å²) in [5.74, 6) is -0.160. The highest BCUT2D eigenvalue weighted by Gasteiger charge is 2.40. The first-order valence-corrected chi connectivity index (χ1v) is 11.0. The number of piperidine rings is 1. The Balaban J connectivity index is 1.59. The minimum atomic E-state index is -0.521. The topological polar surface area (TPSA) is 76.4 Å². The van der Waals surface area contributed by atoms with Gasteiger partial charge in [0.1, 0.15) is 15.8 Å².